The molecule has 34 heavy (non-hydrogen) atoms. The van der Waals surface area contributed by atoms with Crippen molar-refractivity contribution in [1.82, 2.24) is 19.5 Å². The summed E-state index contributed by atoms with van der Waals surface area (Å²) in [4.78, 5) is 23.9. The minimum Gasteiger partial charge on any atom is -0.383 e. The molecule has 0 radical (unpaired) electrons. The molecule has 7 nitrogen and oxygen atoms in total. The molecule has 4 aromatic rings. The van der Waals surface area contributed by atoms with Gasteiger partial charge in [0.2, 0.25) is 0 Å². The molecular weight excluding hydrogens is 445 g/mol. The number of anilines is 2. The van der Waals surface area contributed by atoms with Crippen molar-refractivity contribution in [3.63, 3.8) is 0 Å². The topological polar surface area (TPSA) is 98.7 Å². The summed E-state index contributed by atoms with van der Waals surface area (Å²) in [6.45, 7) is 0. The van der Waals surface area contributed by atoms with Gasteiger partial charge in [-0.2, -0.15) is 13.2 Å². The molecule has 1 aromatic carbocycles. The lowest BCUT2D eigenvalue weighted by molar-refractivity contribution is -0.167. The van der Waals surface area contributed by atoms with Gasteiger partial charge in [0.1, 0.15) is 23.6 Å². The molecule has 0 saturated heterocycles. The largest absolute Gasteiger partial charge is 0.471 e. The van der Waals surface area contributed by atoms with Crippen LogP contribution >= 0.6 is 0 Å². The Morgan fingerprint density at radius 1 is 1.15 bits per heavy atom. The maximum absolute atomic E-state index is 12.5. The number of amides is 1. The summed E-state index contributed by atoms with van der Waals surface area (Å²) in [5.41, 5.74) is 8.44. The zero-order valence-corrected chi connectivity index (χ0v) is 18.2. The molecule has 2 atom stereocenters. The second-order valence-electron chi connectivity index (χ2n) is 8.77. The summed E-state index contributed by atoms with van der Waals surface area (Å²) in [6.07, 6.45) is 3.65. The second kappa shape index (κ2) is 8.58. The van der Waals surface area contributed by atoms with Crippen molar-refractivity contribution >= 4 is 39.5 Å². The van der Waals surface area contributed by atoms with Crippen LogP contribution in [0, 0.1) is 5.92 Å². The Morgan fingerprint density at radius 2 is 1.97 bits per heavy atom. The highest BCUT2D eigenvalue weighted by Gasteiger charge is 2.38. The molecule has 176 valence electrons. The van der Waals surface area contributed by atoms with Crippen molar-refractivity contribution in [3.8, 4) is 0 Å². The van der Waals surface area contributed by atoms with Crippen molar-refractivity contribution in [1.29, 1.82) is 0 Å². The van der Waals surface area contributed by atoms with Crippen LogP contribution in [-0.2, 0) is 11.2 Å². The van der Waals surface area contributed by atoms with Gasteiger partial charge in [-0.15, -0.1) is 0 Å². The van der Waals surface area contributed by atoms with Crippen LogP contribution in [0.15, 0.2) is 48.9 Å². The molecule has 1 amide bonds. The lowest BCUT2D eigenvalue weighted by atomic mass is 9.97. The van der Waals surface area contributed by atoms with E-state index in [4.69, 9.17) is 5.73 Å². The Hall–Kier alpha value is -3.69. The number of nitrogens with two attached hydrogens (primary N) is 1. The average molecular weight is 468 g/mol. The van der Waals surface area contributed by atoms with E-state index < -0.39 is 12.1 Å². The van der Waals surface area contributed by atoms with Gasteiger partial charge in [-0.3, -0.25) is 4.79 Å². The molecule has 0 aliphatic heterocycles. The first kappa shape index (κ1) is 22.1. The van der Waals surface area contributed by atoms with Gasteiger partial charge in [-0.05, 0) is 67.9 Å². The molecule has 1 aliphatic carbocycles. The van der Waals surface area contributed by atoms with Gasteiger partial charge in [-0.25, -0.2) is 15.0 Å². The number of hydrogen-bond donors (Lipinski definition) is 2. The first-order valence-electron chi connectivity index (χ1n) is 11.1. The van der Waals surface area contributed by atoms with Crippen LogP contribution in [0.25, 0.3) is 21.9 Å². The van der Waals surface area contributed by atoms with E-state index in [-0.39, 0.29) is 5.82 Å². The Kier molecular flexibility index (Phi) is 5.59. The fourth-order valence-electron chi connectivity index (χ4n) is 4.79. The number of carbonyl (C=O) groups excluding carboxylic acids is 1. The van der Waals surface area contributed by atoms with E-state index in [0.29, 0.717) is 23.3 Å². The molecular formula is C24H23F3N6O. The number of aromatic nitrogens is 4. The number of halogens is 3. The third-order valence-corrected chi connectivity index (χ3v) is 6.54. The monoisotopic (exact) mass is 468 g/mol. The number of alkyl halides is 3. The average Bonchev–Trinajstić information content (AvgIpc) is 3.44. The molecule has 1 saturated carbocycles. The predicted octanol–water partition coefficient (Wildman–Crippen LogP) is 5.04. The SMILES string of the molecule is Nc1ncnc2c1ccn2C1CCC(CCc2ccc3ccc(NC(=O)C(F)(F)F)nc3c2)C1. The maximum atomic E-state index is 12.5. The highest BCUT2D eigenvalue weighted by Crippen LogP contribution is 2.39. The molecule has 3 N–H and O–H groups in total. The van der Waals surface area contributed by atoms with Gasteiger partial charge < -0.3 is 15.6 Å². The number of pyridine rings is 1. The zero-order chi connectivity index (χ0) is 23.9. The summed E-state index contributed by atoms with van der Waals surface area (Å²) in [5.74, 6) is -1.10. The Balaban J connectivity index is 1.24. The van der Waals surface area contributed by atoms with Crippen LogP contribution in [-0.4, -0.2) is 31.6 Å². The second-order valence-corrected chi connectivity index (χ2v) is 8.77. The lowest BCUT2D eigenvalue weighted by Gasteiger charge is -2.14. The molecule has 2 unspecified atom stereocenters. The number of carbonyl (C=O) groups is 1. The summed E-state index contributed by atoms with van der Waals surface area (Å²) in [5, 5.41) is 3.49. The molecule has 5 rings (SSSR count). The number of rotatable bonds is 5. The number of nitrogens with one attached hydrogen (secondary N) is 1. The molecule has 3 heterocycles. The molecule has 1 aliphatic rings. The number of nitrogens with zero attached hydrogens (tertiary/aromatic N) is 4. The van der Waals surface area contributed by atoms with E-state index in [1.54, 1.807) is 6.07 Å². The van der Waals surface area contributed by atoms with Gasteiger partial charge in [0.15, 0.2) is 0 Å². The van der Waals surface area contributed by atoms with Crippen LogP contribution in [0.1, 0.15) is 37.3 Å². The number of fused-ring (bicyclic) bond motifs is 2. The van der Waals surface area contributed by atoms with Crippen LogP contribution in [0.4, 0.5) is 24.8 Å². The number of aryl methyl sites for hydroxylation is 1. The van der Waals surface area contributed by atoms with Gasteiger partial charge in [0.25, 0.3) is 0 Å². The van der Waals surface area contributed by atoms with Gasteiger partial charge in [0, 0.05) is 17.6 Å². The van der Waals surface area contributed by atoms with E-state index in [0.717, 1.165) is 54.1 Å². The summed E-state index contributed by atoms with van der Waals surface area (Å²) in [6, 6.07) is 11.2. The van der Waals surface area contributed by atoms with Crippen LogP contribution < -0.4 is 11.1 Å². The van der Waals surface area contributed by atoms with Gasteiger partial charge in [-0.1, -0.05) is 12.1 Å². The molecule has 3 aromatic heterocycles. The summed E-state index contributed by atoms with van der Waals surface area (Å²) < 4.78 is 39.8. The Morgan fingerprint density at radius 3 is 2.79 bits per heavy atom. The van der Waals surface area contributed by atoms with E-state index in [2.05, 4.69) is 19.5 Å². The molecule has 0 spiro atoms. The van der Waals surface area contributed by atoms with Crippen LogP contribution in [0.2, 0.25) is 0 Å². The quantitative estimate of drug-likeness (QED) is 0.428. The highest BCUT2D eigenvalue weighted by atomic mass is 19.4. The van der Waals surface area contributed by atoms with Crippen LogP contribution in [0.5, 0.6) is 0 Å². The standard InChI is InChI=1S/C24H23F3N6O/c25-24(26,27)23(34)32-20-8-6-16-5-3-15(12-19(16)31-20)2-1-14-4-7-17(11-14)33-10-9-18-21(28)29-13-30-22(18)33/h3,5-6,8-10,12-14,17H,1-2,4,7,11H2,(H2,28,29,30)(H,31,32,34). The molecule has 0 bridgehead atoms. The lowest BCUT2D eigenvalue weighted by Crippen LogP contribution is -2.30. The van der Waals surface area contributed by atoms with E-state index in [1.807, 2.05) is 35.8 Å². The predicted molar refractivity (Wildman–Crippen MR) is 123 cm³/mol. The normalized spacial score (nSPS) is 18.6. The zero-order valence-electron chi connectivity index (χ0n) is 18.2. The third kappa shape index (κ3) is 4.40. The van der Waals surface area contributed by atoms with Crippen molar-refractivity contribution in [3.05, 3.63) is 54.5 Å². The molecule has 1 fully saturated rings. The van der Waals surface area contributed by atoms with Crippen molar-refractivity contribution in [2.24, 2.45) is 5.92 Å². The van der Waals surface area contributed by atoms with Gasteiger partial charge >= 0.3 is 12.1 Å². The van der Waals surface area contributed by atoms with E-state index in [9.17, 15) is 18.0 Å². The van der Waals surface area contributed by atoms with Gasteiger partial charge in [0.05, 0.1) is 10.9 Å². The third-order valence-electron chi connectivity index (χ3n) is 6.54. The Labute approximate surface area is 193 Å². The molecule has 10 heteroatoms. The van der Waals surface area contributed by atoms with Crippen molar-refractivity contribution in [2.75, 3.05) is 11.1 Å². The highest BCUT2D eigenvalue weighted by molar-refractivity contribution is 5.95. The first-order chi connectivity index (χ1) is 16.3. The van der Waals surface area contributed by atoms with Crippen LogP contribution in [0.3, 0.4) is 0 Å². The first-order valence-corrected chi connectivity index (χ1v) is 11.1. The minimum absolute atomic E-state index is 0.117. The summed E-state index contributed by atoms with van der Waals surface area (Å²) in [7, 11) is 0. The smallest absolute Gasteiger partial charge is 0.383 e. The van der Waals surface area contributed by atoms with E-state index >= 15 is 0 Å². The number of hydrogen-bond acceptors (Lipinski definition) is 5. The fraction of sp³-hybridized carbons (Fsp3) is 0.333. The van der Waals surface area contributed by atoms with Crippen molar-refractivity contribution < 1.29 is 18.0 Å². The number of nitrogen functional groups attached to an aromatic ring is 1. The number of benzene rings is 1. The summed E-state index contributed by atoms with van der Waals surface area (Å²) >= 11 is 0. The van der Waals surface area contributed by atoms with Crippen molar-refractivity contribution in [2.45, 2.75) is 44.3 Å². The minimum atomic E-state index is -4.95. The van der Waals surface area contributed by atoms with E-state index in [1.165, 1.54) is 12.4 Å². The Bertz CT molecular complexity index is 1370. The maximum Gasteiger partial charge on any atom is 0.471 e. The fourth-order valence-corrected chi connectivity index (χ4v) is 4.79.